The molecule has 1 saturated carbocycles. The van der Waals surface area contributed by atoms with Gasteiger partial charge in [-0.1, -0.05) is 33.1 Å². The Morgan fingerprint density at radius 2 is 2.05 bits per heavy atom. The summed E-state index contributed by atoms with van der Waals surface area (Å²) in [7, 11) is 2.29. The van der Waals surface area contributed by atoms with E-state index in [4.69, 9.17) is 0 Å². The molecular formula is C17H36N2O. The van der Waals surface area contributed by atoms with Crippen molar-refractivity contribution >= 4 is 0 Å². The van der Waals surface area contributed by atoms with Crippen LogP contribution in [-0.4, -0.2) is 48.3 Å². The third kappa shape index (κ3) is 6.11. The van der Waals surface area contributed by atoms with Crippen LogP contribution in [0.25, 0.3) is 0 Å². The van der Waals surface area contributed by atoms with E-state index >= 15 is 0 Å². The van der Waals surface area contributed by atoms with Crippen LogP contribution < -0.4 is 5.32 Å². The molecule has 2 N–H and O–H groups in total. The molecule has 1 fully saturated rings. The normalized spacial score (nSPS) is 26.7. The Bertz CT molecular complexity index is 259. The first-order chi connectivity index (χ1) is 9.50. The highest BCUT2D eigenvalue weighted by atomic mass is 16.3. The number of aliphatic hydroxyl groups is 1. The van der Waals surface area contributed by atoms with Crippen LogP contribution in [0, 0.1) is 5.92 Å². The van der Waals surface area contributed by atoms with Crippen LogP contribution >= 0.6 is 0 Å². The predicted octanol–water partition coefficient (Wildman–Crippen LogP) is 3.03. The first kappa shape index (κ1) is 17.9. The summed E-state index contributed by atoms with van der Waals surface area (Å²) in [5.41, 5.74) is -0.0906. The largest absolute Gasteiger partial charge is 0.394 e. The van der Waals surface area contributed by atoms with E-state index in [-0.39, 0.29) is 12.1 Å². The molecule has 3 nitrogen and oxygen atoms in total. The quantitative estimate of drug-likeness (QED) is 0.639. The topological polar surface area (TPSA) is 35.5 Å². The zero-order valence-electron chi connectivity index (χ0n) is 14.1. The molecule has 0 spiro atoms. The van der Waals surface area contributed by atoms with Crippen molar-refractivity contribution in [3.63, 3.8) is 0 Å². The highest BCUT2D eigenvalue weighted by Gasteiger charge is 2.23. The van der Waals surface area contributed by atoms with E-state index in [0.29, 0.717) is 0 Å². The molecule has 0 aromatic heterocycles. The van der Waals surface area contributed by atoms with Gasteiger partial charge in [-0.05, 0) is 58.7 Å². The summed E-state index contributed by atoms with van der Waals surface area (Å²) in [5.74, 6) is 0.905. The molecule has 1 aliphatic rings. The van der Waals surface area contributed by atoms with Crippen LogP contribution in [0.4, 0.5) is 0 Å². The maximum atomic E-state index is 9.49. The zero-order chi connectivity index (χ0) is 15.0. The maximum absolute atomic E-state index is 9.49. The van der Waals surface area contributed by atoms with Crippen molar-refractivity contribution in [3.05, 3.63) is 0 Å². The standard InChI is InChI=1S/C17H36N2O/c1-5-18-17(3,14-20)11-6-7-12-19(4)16-10-8-9-15(2)13-16/h15-16,18,20H,5-14H2,1-4H3. The van der Waals surface area contributed by atoms with Gasteiger partial charge in [-0.15, -0.1) is 0 Å². The minimum absolute atomic E-state index is 0.0906. The Hall–Kier alpha value is -0.120. The monoisotopic (exact) mass is 284 g/mol. The Morgan fingerprint density at radius 1 is 1.30 bits per heavy atom. The van der Waals surface area contributed by atoms with Crippen LogP contribution in [-0.2, 0) is 0 Å². The van der Waals surface area contributed by atoms with Crippen LogP contribution in [0.3, 0.4) is 0 Å². The van der Waals surface area contributed by atoms with Crippen molar-refractivity contribution in [2.75, 3.05) is 26.7 Å². The van der Waals surface area contributed by atoms with E-state index < -0.39 is 0 Å². The summed E-state index contributed by atoms with van der Waals surface area (Å²) >= 11 is 0. The van der Waals surface area contributed by atoms with Crippen LogP contribution in [0.1, 0.15) is 65.7 Å². The molecule has 3 heteroatoms. The number of aliphatic hydroxyl groups excluding tert-OH is 1. The van der Waals surface area contributed by atoms with Crippen molar-refractivity contribution in [2.45, 2.75) is 77.3 Å². The third-order valence-corrected chi connectivity index (χ3v) is 4.97. The SMILES string of the molecule is CCNC(C)(CO)CCCCN(C)C1CCCC(C)C1. The summed E-state index contributed by atoms with van der Waals surface area (Å²) in [6.45, 7) is 8.98. The fraction of sp³-hybridized carbons (Fsp3) is 1.00. The third-order valence-electron chi connectivity index (χ3n) is 4.97. The van der Waals surface area contributed by atoms with E-state index in [1.165, 1.54) is 45.1 Å². The number of nitrogens with one attached hydrogen (secondary N) is 1. The van der Waals surface area contributed by atoms with Gasteiger partial charge < -0.3 is 15.3 Å². The van der Waals surface area contributed by atoms with Gasteiger partial charge in [0.2, 0.25) is 0 Å². The van der Waals surface area contributed by atoms with Crippen molar-refractivity contribution < 1.29 is 5.11 Å². The molecule has 0 aliphatic heterocycles. The Morgan fingerprint density at radius 3 is 2.65 bits per heavy atom. The molecule has 120 valence electrons. The van der Waals surface area contributed by atoms with Crippen LogP contribution in [0.2, 0.25) is 0 Å². The number of nitrogens with zero attached hydrogens (tertiary/aromatic N) is 1. The van der Waals surface area contributed by atoms with Crippen LogP contribution in [0.5, 0.6) is 0 Å². The molecule has 1 rings (SSSR count). The molecule has 0 saturated heterocycles. The molecule has 20 heavy (non-hydrogen) atoms. The fourth-order valence-electron chi connectivity index (χ4n) is 3.51. The molecule has 0 amide bonds. The van der Waals surface area contributed by atoms with Gasteiger partial charge in [0.25, 0.3) is 0 Å². The number of hydrogen-bond donors (Lipinski definition) is 2. The maximum Gasteiger partial charge on any atom is 0.0610 e. The molecule has 3 unspecified atom stereocenters. The number of likely N-dealkylation sites (N-methyl/N-ethyl adjacent to an activating group) is 1. The lowest BCUT2D eigenvalue weighted by Crippen LogP contribution is -2.45. The molecular weight excluding hydrogens is 248 g/mol. The van der Waals surface area contributed by atoms with Gasteiger partial charge in [-0.25, -0.2) is 0 Å². The minimum Gasteiger partial charge on any atom is -0.394 e. The number of unbranched alkanes of at least 4 members (excludes halogenated alkanes) is 1. The number of hydrogen-bond acceptors (Lipinski definition) is 3. The highest BCUT2D eigenvalue weighted by Crippen LogP contribution is 2.26. The molecule has 3 atom stereocenters. The van der Waals surface area contributed by atoms with E-state index in [2.05, 4.69) is 38.0 Å². The minimum atomic E-state index is -0.0906. The fourth-order valence-corrected chi connectivity index (χ4v) is 3.51. The Kier molecular flexibility index (Phi) is 8.08. The molecule has 0 radical (unpaired) electrons. The van der Waals surface area contributed by atoms with E-state index in [1.807, 2.05) is 0 Å². The van der Waals surface area contributed by atoms with Gasteiger partial charge in [0.05, 0.1) is 6.61 Å². The second kappa shape index (κ2) is 9.01. The van der Waals surface area contributed by atoms with Crippen molar-refractivity contribution in [2.24, 2.45) is 5.92 Å². The second-order valence-corrected chi connectivity index (χ2v) is 7.11. The first-order valence-electron chi connectivity index (χ1n) is 8.57. The van der Waals surface area contributed by atoms with Crippen molar-refractivity contribution in [1.29, 1.82) is 0 Å². The molecule has 0 aromatic carbocycles. The first-order valence-corrected chi connectivity index (χ1v) is 8.57. The van der Waals surface area contributed by atoms with Gasteiger partial charge in [-0.2, -0.15) is 0 Å². The smallest absolute Gasteiger partial charge is 0.0610 e. The van der Waals surface area contributed by atoms with E-state index in [9.17, 15) is 5.11 Å². The Balaban J connectivity index is 2.19. The van der Waals surface area contributed by atoms with Crippen molar-refractivity contribution in [3.8, 4) is 0 Å². The molecule has 1 aliphatic carbocycles. The molecule has 0 bridgehead atoms. The van der Waals surface area contributed by atoms with Gasteiger partial charge in [0, 0.05) is 11.6 Å². The average molecular weight is 284 g/mol. The van der Waals surface area contributed by atoms with Gasteiger partial charge >= 0.3 is 0 Å². The number of rotatable bonds is 9. The van der Waals surface area contributed by atoms with Gasteiger partial charge in [0.1, 0.15) is 0 Å². The van der Waals surface area contributed by atoms with E-state index in [0.717, 1.165) is 24.9 Å². The second-order valence-electron chi connectivity index (χ2n) is 7.11. The summed E-state index contributed by atoms with van der Waals surface area (Å²) < 4.78 is 0. The summed E-state index contributed by atoms with van der Waals surface area (Å²) in [6.07, 6.45) is 9.07. The van der Waals surface area contributed by atoms with Crippen molar-refractivity contribution in [1.82, 2.24) is 10.2 Å². The van der Waals surface area contributed by atoms with Gasteiger partial charge in [0.15, 0.2) is 0 Å². The lowest BCUT2D eigenvalue weighted by Gasteiger charge is -2.34. The lowest BCUT2D eigenvalue weighted by molar-refractivity contribution is 0.149. The predicted molar refractivity (Wildman–Crippen MR) is 87.1 cm³/mol. The summed E-state index contributed by atoms with van der Waals surface area (Å²) in [6, 6.07) is 0.803. The molecule has 0 heterocycles. The average Bonchev–Trinajstić information content (AvgIpc) is 2.44. The summed E-state index contributed by atoms with van der Waals surface area (Å²) in [5, 5.41) is 12.9. The zero-order valence-corrected chi connectivity index (χ0v) is 14.1. The van der Waals surface area contributed by atoms with Gasteiger partial charge in [-0.3, -0.25) is 0 Å². The van der Waals surface area contributed by atoms with Crippen LogP contribution in [0.15, 0.2) is 0 Å². The molecule has 0 aromatic rings. The lowest BCUT2D eigenvalue weighted by atomic mass is 9.86. The highest BCUT2D eigenvalue weighted by molar-refractivity contribution is 4.82. The summed E-state index contributed by atoms with van der Waals surface area (Å²) in [4.78, 5) is 2.57. The Labute approximate surface area is 126 Å². The van der Waals surface area contributed by atoms with E-state index in [1.54, 1.807) is 0 Å².